The van der Waals surface area contributed by atoms with Gasteiger partial charge in [-0.1, -0.05) is 225 Å². The van der Waals surface area contributed by atoms with E-state index in [1.54, 1.807) is 0 Å². The molecular weight excluding hydrogens is 757 g/mol. The summed E-state index contributed by atoms with van der Waals surface area (Å²) in [6.07, 6.45) is 57.4. The molecule has 0 saturated heterocycles. The molecule has 0 rings (SSSR count). The molecule has 0 aromatic carbocycles. The van der Waals surface area contributed by atoms with Gasteiger partial charge in [0.2, 0.25) is 0 Å². The molecule has 6 nitrogen and oxygen atoms in total. The molecule has 1 unspecified atom stereocenters. The maximum atomic E-state index is 12.8. The van der Waals surface area contributed by atoms with Crippen molar-refractivity contribution in [2.24, 2.45) is 0 Å². The van der Waals surface area contributed by atoms with Crippen LogP contribution in [-0.4, -0.2) is 37.2 Å². The first-order valence-corrected chi connectivity index (χ1v) is 26.8. The van der Waals surface area contributed by atoms with Crippen LogP contribution in [0.4, 0.5) is 0 Å². The predicted octanol–water partition coefficient (Wildman–Crippen LogP) is 17.5. The summed E-state index contributed by atoms with van der Waals surface area (Å²) in [7, 11) is 0. The minimum atomic E-state index is -0.777. The first kappa shape index (κ1) is 58.9. The van der Waals surface area contributed by atoms with E-state index in [0.717, 1.165) is 77.0 Å². The van der Waals surface area contributed by atoms with E-state index in [9.17, 15) is 14.4 Å². The molecule has 358 valence electrons. The highest BCUT2D eigenvalue weighted by Gasteiger charge is 2.19. The van der Waals surface area contributed by atoms with Gasteiger partial charge in [-0.25, -0.2) is 0 Å². The third-order valence-corrected chi connectivity index (χ3v) is 11.9. The van der Waals surface area contributed by atoms with Gasteiger partial charge in [0.25, 0.3) is 0 Å². The van der Waals surface area contributed by atoms with E-state index < -0.39 is 6.10 Å². The molecule has 0 fully saturated rings. The Hall–Kier alpha value is -2.11. The summed E-state index contributed by atoms with van der Waals surface area (Å²) in [5, 5.41) is 0. The molecule has 0 amide bonds. The topological polar surface area (TPSA) is 78.9 Å². The lowest BCUT2D eigenvalue weighted by Gasteiger charge is -2.18. The highest BCUT2D eigenvalue weighted by Crippen LogP contribution is 2.15. The summed E-state index contributed by atoms with van der Waals surface area (Å²) >= 11 is 0. The number of esters is 3. The molecule has 6 heteroatoms. The first-order chi connectivity index (χ1) is 30.0. The highest BCUT2D eigenvalue weighted by atomic mass is 16.6. The second-order valence-electron chi connectivity index (χ2n) is 18.1. The molecule has 0 bridgehead atoms. The standard InChI is InChI=1S/C55H102O6/c1-4-7-10-13-16-19-22-24-26-27-28-29-31-33-36-39-42-45-48-54(57)60-51-52(50-59-53(56)47-44-41-38-35-32-21-18-15-12-9-6-3)61-55(58)49-46-43-40-37-34-30-25-23-20-17-14-11-8-5-2/h28-30,34,52H,4-27,31-33,35-51H2,1-3H3/b29-28-,34-30-. The van der Waals surface area contributed by atoms with Crippen LogP contribution in [0.3, 0.4) is 0 Å². The van der Waals surface area contributed by atoms with Crippen molar-refractivity contribution >= 4 is 17.9 Å². The van der Waals surface area contributed by atoms with Crippen molar-refractivity contribution in [3.05, 3.63) is 24.3 Å². The van der Waals surface area contributed by atoms with Crippen molar-refractivity contribution in [2.45, 2.75) is 297 Å². The van der Waals surface area contributed by atoms with Gasteiger partial charge in [-0.3, -0.25) is 14.4 Å². The van der Waals surface area contributed by atoms with Crippen LogP contribution in [0.15, 0.2) is 24.3 Å². The molecule has 1 atom stereocenters. The summed E-state index contributed by atoms with van der Waals surface area (Å²) in [6.45, 7) is 6.64. The molecular formula is C55H102O6. The highest BCUT2D eigenvalue weighted by molar-refractivity contribution is 5.71. The average Bonchev–Trinajstić information content (AvgIpc) is 3.26. The summed E-state index contributed by atoms with van der Waals surface area (Å²) in [4.78, 5) is 37.9. The molecule has 0 aliphatic rings. The van der Waals surface area contributed by atoms with Gasteiger partial charge in [0, 0.05) is 19.3 Å². The van der Waals surface area contributed by atoms with Gasteiger partial charge in [0.1, 0.15) is 13.2 Å². The summed E-state index contributed by atoms with van der Waals surface area (Å²) in [5.74, 6) is -0.888. The zero-order chi connectivity index (χ0) is 44.4. The number of carbonyl (C=O) groups excluding carboxylic acids is 3. The van der Waals surface area contributed by atoms with Gasteiger partial charge in [-0.05, 0) is 70.6 Å². The molecule has 0 aliphatic heterocycles. The largest absolute Gasteiger partial charge is 0.462 e. The maximum Gasteiger partial charge on any atom is 0.306 e. The summed E-state index contributed by atoms with van der Waals surface area (Å²) in [5.41, 5.74) is 0. The van der Waals surface area contributed by atoms with Crippen molar-refractivity contribution in [3.8, 4) is 0 Å². The predicted molar refractivity (Wildman–Crippen MR) is 261 cm³/mol. The Morgan fingerprint density at radius 3 is 0.836 bits per heavy atom. The smallest absolute Gasteiger partial charge is 0.306 e. The van der Waals surface area contributed by atoms with E-state index in [-0.39, 0.29) is 31.1 Å². The Morgan fingerprint density at radius 2 is 0.541 bits per heavy atom. The molecule has 0 aliphatic carbocycles. The van der Waals surface area contributed by atoms with Crippen LogP contribution in [0.25, 0.3) is 0 Å². The Morgan fingerprint density at radius 1 is 0.311 bits per heavy atom. The molecule has 0 aromatic heterocycles. The van der Waals surface area contributed by atoms with Gasteiger partial charge in [0.05, 0.1) is 0 Å². The normalized spacial score (nSPS) is 12.1. The molecule has 0 N–H and O–H groups in total. The molecule has 0 spiro atoms. The number of allylic oxidation sites excluding steroid dienone is 4. The Kier molecular flexibility index (Phi) is 48.8. The van der Waals surface area contributed by atoms with E-state index in [1.807, 2.05) is 0 Å². The van der Waals surface area contributed by atoms with Crippen molar-refractivity contribution < 1.29 is 28.6 Å². The average molecular weight is 859 g/mol. The van der Waals surface area contributed by atoms with Crippen molar-refractivity contribution in [2.75, 3.05) is 13.2 Å². The van der Waals surface area contributed by atoms with Crippen molar-refractivity contribution in [1.29, 1.82) is 0 Å². The van der Waals surface area contributed by atoms with Crippen LogP contribution in [0.5, 0.6) is 0 Å². The minimum absolute atomic E-state index is 0.0763. The van der Waals surface area contributed by atoms with E-state index in [1.165, 1.54) is 173 Å². The van der Waals surface area contributed by atoms with E-state index in [2.05, 4.69) is 45.1 Å². The molecule has 0 saturated carbocycles. The van der Waals surface area contributed by atoms with Gasteiger partial charge in [0.15, 0.2) is 6.10 Å². The van der Waals surface area contributed by atoms with Crippen molar-refractivity contribution in [1.82, 2.24) is 0 Å². The Bertz CT molecular complexity index is 989. The third-order valence-electron chi connectivity index (χ3n) is 11.9. The summed E-state index contributed by atoms with van der Waals surface area (Å²) < 4.78 is 16.8. The lowest BCUT2D eigenvalue weighted by Crippen LogP contribution is -2.30. The Balaban J connectivity index is 4.33. The van der Waals surface area contributed by atoms with Crippen LogP contribution in [0.2, 0.25) is 0 Å². The van der Waals surface area contributed by atoms with Crippen molar-refractivity contribution in [3.63, 3.8) is 0 Å². The van der Waals surface area contributed by atoms with Crippen LogP contribution < -0.4 is 0 Å². The lowest BCUT2D eigenvalue weighted by atomic mass is 10.1. The lowest BCUT2D eigenvalue weighted by molar-refractivity contribution is -0.167. The number of hydrogen-bond donors (Lipinski definition) is 0. The SMILES string of the molecule is CCCCCCCCC/C=C\CCCCCC(=O)OC(COC(=O)CCCCCCC/C=C\CCCCCCCCCCC)COC(=O)CCCCCCCCCCCCC. The second-order valence-corrected chi connectivity index (χ2v) is 18.1. The van der Waals surface area contributed by atoms with Gasteiger partial charge < -0.3 is 14.2 Å². The molecule has 0 heterocycles. The van der Waals surface area contributed by atoms with Crippen LogP contribution in [0.1, 0.15) is 290 Å². The number of hydrogen-bond acceptors (Lipinski definition) is 6. The fourth-order valence-corrected chi connectivity index (χ4v) is 7.84. The van der Waals surface area contributed by atoms with Crippen LogP contribution in [0, 0.1) is 0 Å². The number of ether oxygens (including phenoxy) is 3. The van der Waals surface area contributed by atoms with E-state index >= 15 is 0 Å². The first-order valence-electron chi connectivity index (χ1n) is 26.8. The summed E-state index contributed by atoms with van der Waals surface area (Å²) in [6, 6.07) is 0. The number of carbonyl (C=O) groups is 3. The molecule has 0 radical (unpaired) electrons. The monoisotopic (exact) mass is 859 g/mol. The zero-order valence-electron chi connectivity index (χ0n) is 40.9. The third kappa shape index (κ3) is 48.8. The Labute approximate surface area is 379 Å². The van der Waals surface area contributed by atoms with E-state index in [0.29, 0.717) is 19.3 Å². The fraction of sp³-hybridized carbons (Fsp3) is 0.873. The van der Waals surface area contributed by atoms with E-state index in [4.69, 9.17) is 14.2 Å². The minimum Gasteiger partial charge on any atom is -0.462 e. The maximum absolute atomic E-state index is 12.8. The molecule has 0 aromatic rings. The zero-order valence-corrected chi connectivity index (χ0v) is 40.9. The van der Waals surface area contributed by atoms with Gasteiger partial charge in [-0.2, -0.15) is 0 Å². The second kappa shape index (κ2) is 50.5. The number of rotatable bonds is 49. The van der Waals surface area contributed by atoms with Gasteiger partial charge >= 0.3 is 17.9 Å². The quantitative estimate of drug-likeness (QED) is 0.0262. The molecule has 61 heavy (non-hydrogen) atoms. The fourth-order valence-electron chi connectivity index (χ4n) is 7.84. The van der Waals surface area contributed by atoms with Crippen LogP contribution in [-0.2, 0) is 28.6 Å². The van der Waals surface area contributed by atoms with Gasteiger partial charge in [-0.15, -0.1) is 0 Å². The van der Waals surface area contributed by atoms with Crippen LogP contribution >= 0.6 is 0 Å². The number of unbranched alkanes of at least 4 members (excludes halogenated alkanes) is 34.